The maximum atomic E-state index is 12.8. The minimum atomic E-state index is -0.175. The van der Waals surface area contributed by atoms with Crippen LogP contribution in [0, 0.1) is 5.92 Å². The van der Waals surface area contributed by atoms with Gasteiger partial charge in [0.15, 0.2) is 0 Å². The van der Waals surface area contributed by atoms with Gasteiger partial charge in [-0.3, -0.25) is 4.79 Å². The summed E-state index contributed by atoms with van der Waals surface area (Å²) in [6.07, 6.45) is 10.8. The zero-order valence-electron chi connectivity index (χ0n) is 21.9. The lowest BCUT2D eigenvalue weighted by molar-refractivity contribution is -0.906. The predicted octanol–water partition coefficient (Wildman–Crippen LogP) is 7.16. The van der Waals surface area contributed by atoms with E-state index in [1.54, 1.807) is 0 Å². The number of benzene rings is 2. The van der Waals surface area contributed by atoms with E-state index >= 15 is 0 Å². The lowest BCUT2D eigenvalue weighted by Crippen LogP contribution is -2.44. The molecule has 1 unspecified atom stereocenters. The van der Waals surface area contributed by atoms with Gasteiger partial charge in [-0.1, -0.05) is 101 Å². The molecule has 2 aromatic carbocycles. The molecule has 188 valence electrons. The van der Waals surface area contributed by atoms with Crippen molar-refractivity contribution < 1.29 is 18.8 Å². The number of unbranched alkanes of at least 4 members (excludes halogenated alkanes) is 6. The Balaban J connectivity index is 1.77. The molecule has 0 fully saturated rings. The monoisotopic (exact) mass is 468 g/mol. The third-order valence-electron chi connectivity index (χ3n) is 6.43. The molecule has 2 rings (SSSR count). The number of para-hydroxylation sites is 1. The molecule has 0 heterocycles. The van der Waals surface area contributed by atoms with Crippen LogP contribution in [0.15, 0.2) is 54.6 Å². The molecule has 0 aromatic heterocycles. The van der Waals surface area contributed by atoms with E-state index in [0.717, 1.165) is 36.2 Å². The third-order valence-corrected chi connectivity index (χ3v) is 6.43. The Hall–Kier alpha value is -2.33. The number of rotatable bonds is 17. The van der Waals surface area contributed by atoms with E-state index in [0.29, 0.717) is 0 Å². The molecular formula is C30H46NO3+. The van der Waals surface area contributed by atoms with Crippen molar-refractivity contribution in [1.29, 1.82) is 0 Å². The Morgan fingerprint density at radius 1 is 0.853 bits per heavy atom. The first-order valence-corrected chi connectivity index (χ1v) is 13.2. The Morgan fingerprint density at radius 3 is 2.21 bits per heavy atom. The van der Waals surface area contributed by atoms with Crippen LogP contribution >= 0.6 is 0 Å². The van der Waals surface area contributed by atoms with Crippen LogP contribution in [-0.2, 0) is 22.5 Å². The first-order chi connectivity index (χ1) is 16.4. The van der Waals surface area contributed by atoms with Gasteiger partial charge >= 0.3 is 5.97 Å². The van der Waals surface area contributed by atoms with E-state index in [-0.39, 0.29) is 18.7 Å². The SMILES string of the molecule is CCCCCCCCCc1ccccc1OCOC(=O)C(CC)C[N+](C)(C)Cc1ccccc1. The molecule has 4 heteroatoms. The molecule has 4 nitrogen and oxygen atoms in total. The van der Waals surface area contributed by atoms with Crippen LogP contribution in [0.5, 0.6) is 5.75 Å². The number of aryl methyl sites for hydroxylation is 1. The van der Waals surface area contributed by atoms with Crippen molar-refractivity contribution >= 4 is 5.97 Å². The van der Waals surface area contributed by atoms with Crippen LogP contribution in [0.25, 0.3) is 0 Å². The summed E-state index contributed by atoms with van der Waals surface area (Å²) in [4.78, 5) is 12.8. The highest BCUT2D eigenvalue weighted by Crippen LogP contribution is 2.22. The lowest BCUT2D eigenvalue weighted by Gasteiger charge is -2.32. The number of hydrogen-bond donors (Lipinski definition) is 0. The number of hydrogen-bond acceptors (Lipinski definition) is 3. The molecule has 0 amide bonds. The molecule has 0 aliphatic rings. The molecule has 0 aliphatic carbocycles. The van der Waals surface area contributed by atoms with Gasteiger partial charge in [-0.15, -0.1) is 0 Å². The molecule has 0 bridgehead atoms. The van der Waals surface area contributed by atoms with Crippen LogP contribution in [0.1, 0.15) is 76.3 Å². The van der Waals surface area contributed by atoms with E-state index in [1.807, 2.05) is 25.1 Å². The van der Waals surface area contributed by atoms with Crippen molar-refractivity contribution in [3.63, 3.8) is 0 Å². The molecule has 1 atom stereocenters. The maximum Gasteiger partial charge on any atom is 0.317 e. The number of esters is 1. The second kappa shape index (κ2) is 15.5. The molecule has 0 saturated heterocycles. The van der Waals surface area contributed by atoms with Crippen molar-refractivity contribution in [2.75, 3.05) is 27.4 Å². The van der Waals surface area contributed by atoms with Crippen molar-refractivity contribution in [3.8, 4) is 5.75 Å². The zero-order chi connectivity index (χ0) is 24.7. The standard InChI is InChI=1S/C30H46NO3/c1-5-7-8-9-10-11-15-20-28-21-16-17-22-29(28)33-25-34-30(32)27(6-2)24-31(3,4)23-26-18-13-12-14-19-26/h12-14,16-19,21-22,27H,5-11,15,20,23-25H2,1-4H3/q+1. The fourth-order valence-electron chi connectivity index (χ4n) is 4.50. The van der Waals surface area contributed by atoms with E-state index in [1.165, 1.54) is 56.1 Å². The fraction of sp³-hybridized carbons (Fsp3) is 0.567. The molecule has 2 aromatic rings. The molecule has 0 radical (unpaired) electrons. The Morgan fingerprint density at radius 2 is 1.50 bits per heavy atom. The summed E-state index contributed by atoms with van der Waals surface area (Å²) in [5, 5.41) is 0. The second-order valence-electron chi connectivity index (χ2n) is 10.1. The van der Waals surface area contributed by atoms with Gasteiger partial charge in [0.25, 0.3) is 0 Å². The molecular weight excluding hydrogens is 422 g/mol. The van der Waals surface area contributed by atoms with Crippen LogP contribution < -0.4 is 4.74 Å². The number of nitrogens with zero attached hydrogens (tertiary/aromatic N) is 1. The average molecular weight is 469 g/mol. The highest BCUT2D eigenvalue weighted by atomic mass is 16.7. The van der Waals surface area contributed by atoms with Crippen molar-refractivity contribution in [2.45, 2.75) is 78.2 Å². The highest BCUT2D eigenvalue weighted by Gasteiger charge is 2.28. The summed E-state index contributed by atoms with van der Waals surface area (Å²) in [7, 11) is 4.33. The summed E-state index contributed by atoms with van der Waals surface area (Å²) in [5.41, 5.74) is 2.47. The van der Waals surface area contributed by atoms with Crippen molar-refractivity contribution in [1.82, 2.24) is 0 Å². The smallest absolute Gasteiger partial charge is 0.317 e. The summed E-state index contributed by atoms with van der Waals surface area (Å²) >= 11 is 0. The number of carbonyl (C=O) groups excluding carboxylic acids is 1. The average Bonchev–Trinajstić information content (AvgIpc) is 2.83. The van der Waals surface area contributed by atoms with Gasteiger partial charge in [0.05, 0.1) is 20.6 Å². The summed E-state index contributed by atoms with van der Waals surface area (Å²) in [5.74, 6) is 0.506. The van der Waals surface area contributed by atoms with Crippen LogP contribution in [-0.4, -0.2) is 37.9 Å². The van der Waals surface area contributed by atoms with Gasteiger partial charge in [-0.25, -0.2) is 0 Å². The van der Waals surface area contributed by atoms with Crippen LogP contribution in [0.2, 0.25) is 0 Å². The quantitative estimate of drug-likeness (QED) is 0.107. The van der Waals surface area contributed by atoms with Crippen molar-refractivity contribution in [3.05, 3.63) is 65.7 Å². The minimum absolute atomic E-state index is 0.0323. The third kappa shape index (κ3) is 10.7. The van der Waals surface area contributed by atoms with Gasteiger partial charge in [0, 0.05) is 5.56 Å². The largest absolute Gasteiger partial charge is 0.457 e. The first kappa shape index (κ1) is 27.9. The molecule has 0 saturated carbocycles. The molecule has 34 heavy (non-hydrogen) atoms. The molecule has 0 aliphatic heterocycles. The number of ether oxygens (including phenoxy) is 2. The van der Waals surface area contributed by atoms with E-state index < -0.39 is 0 Å². The topological polar surface area (TPSA) is 35.5 Å². The van der Waals surface area contributed by atoms with Gasteiger partial charge in [-0.05, 0) is 30.9 Å². The van der Waals surface area contributed by atoms with E-state index in [2.05, 4.69) is 57.4 Å². The number of carbonyl (C=O) groups is 1. The minimum Gasteiger partial charge on any atom is -0.457 e. The molecule has 0 spiro atoms. The van der Waals surface area contributed by atoms with Gasteiger partial charge in [-0.2, -0.15) is 0 Å². The van der Waals surface area contributed by atoms with Crippen molar-refractivity contribution in [2.24, 2.45) is 5.92 Å². The normalized spacial score (nSPS) is 12.4. The predicted molar refractivity (Wildman–Crippen MR) is 141 cm³/mol. The van der Waals surface area contributed by atoms with Gasteiger partial charge in [0.1, 0.15) is 18.2 Å². The van der Waals surface area contributed by atoms with Crippen LogP contribution in [0.4, 0.5) is 0 Å². The Labute approximate surface area is 207 Å². The van der Waals surface area contributed by atoms with E-state index in [9.17, 15) is 4.79 Å². The summed E-state index contributed by atoms with van der Waals surface area (Å²) in [6, 6.07) is 18.5. The Bertz CT molecular complexity index is 819. The van der Waals surface area contributed by atoms with Gasteiger partial charge in [0.2, 0.25) is 6.79 Å². The van der Waals surface area contributed by atoms with E-state index in [4.69, 9.17) is 9.47 Å². The van der Waals surface area contributed by atoms with Crippen LogP contribution in [0.3, 0.4) is 0 Å². The first-order valence-electron chi connectivity index (χ1n) is 13.2. The second-order valence-corrected chi connectivity index (χ2v) is 10.1. The van der Waals surface area contributed by atoms with Gasteiger partial charge < -0.3 is 14.0 Å². The summed E-state index contributed by atoms with van der Waals surface area (Å²) in [6.45, 7) is 5.89. The zero-order valence-corrected chi connectivity index (χ0v) is 21.9. The highest BCUT2D eigenvalue weighted by molar-refractivity contribution is 5.72. The summed E-state index contributed by atoms with van der Waals surface area (Å²) < 4.78 is 12.2. The molecule has 0 N–H and O–H groups in total. The number of quaternary nitrogens is 1. The lowest BCUT2D eigenvalue weighted by atomic mass is 10.0. The Kier molecular flexibility index (Phi) is 12.8. The maximum absolute atomic E-state index is 12.8. The fourth-order valence-corrected chi connectivity index (χ4v) is 4.50.